The standard InChI is InChI=1S/C18H29NO/c1-14(12-15(2)20)13-19-18-10-8-17(9-11-18)16-6-4-3-5-7-16/h3-7,14-15,17-20H,8-13H2,1-2H3. The highest BCUT2D eigenvalue weighted by Crippen LogP contribution is 2.32. The van der Waals surface area contributed by atoms with Crippen molar-refractivity contribution in [1.82, 2.24) is 5.32 Å². The summed E-state index contributed by atoms with van der Waals surface area (Å²) in [7, 11) is 0. The van der Waals surface area contributed by atoms with Gasteiger partial charge in [-0.2, -0.15) is 0 Å². The molecule has 112 valence electrons. The third-order valence-corrected chi connectivity index (χ3v) is 4.50. The molecule has 1 aromatic rings. The largest absolute Gasteiger partial charge is 0.393 e. The molecule has 0 aromatic heterocycles. The smallest absolute Gasteiger partial charge is 0.0515 e. The molecular weight excluding hydrogens is 246 g/mol. The van der Waals surface area contributed by atoms with E-state index in [9.17, 15) is 5.11 Å². The second-order valence-electron chi connectivity index (χ2n) is 6.56. The average Bonchev–Trinajstić information content (AvgIpc) is 2.46. The zero-order valence-electron chi connectivity index (χ0n) is 12.9. The van der Waals surface area contributed by atoms with Gasteiger partial charge in [0, 0.05) is 6.04 Å². The maximum absolute atomic E-state index is 9.39. The maximum atomic E-state index is 9.39. The molecule has 2 atom stereocenters. The van der Waals surface area contributed by atoms with Gasteiger partial charge in [-0.25, -0.2) is 0 Å². The molecule has 0 saturated heterocycles. The first-order chi connectivity index (χ1) is 9.65. The van der Waals surface area contributed by atoms with Crippen LogP contribution in [0.3, 0.4) is 0 Å². The summed E-state index contributed by atoms with van der Waals surface area (Å²) in [5.41, 5.74) is 1.51. The van der Waals surface area contributed by atoms with Crippen LogP contribution < -0.4 is 5.32 Å². The molecule has 0 bridgehead atoms. The molecule has 2 rings (SSSR count). The highest BCUT2D eigenvalue weighted by molar-refractivity contribution is 5.20. The van der Waals surface area contributed by atoms with Gasteiger partial charge in [0.05, 0.1) is 6.10 Å². The molecule has 1 aliphatic carbocycles. The predicted octanol–water partition coefficient (Wildman–Crippen LogP) is 3.71. The molecule has 0 radical (unpaired) electrons. The fraction of sp³-hybridized carbons (Fsp3) is 0.667. The van der Waals surface area contributed by atoms with Crippen LogP contribution in [0, 0.1) is 5.92 Å². The van der Waals surface area contributed by atoms with Crippen LogP contribution in [-0.2, 0) is 0 Å². The van der Waals surface area contributed by atoms with Gasteiger partial charge in [-0.1, -0.05) is 37.3 Å². The molecule has 1 fully saturated rings. The number of nitrogens with one attached hydrogen (secondary N) is 1. The SMILES string of the molecule is CC(O)CC(C)CNC1CCC(c2ccccc2)CC1. The monoisotopic (exact) mass is 275 g/mol. The number of aliphatic hydroxyl groups is 1. The first kappa shape index (κ1) is 15.5. The van der Waals surface area contributed by atoms with Crippen molar-refractivity contribution >= 4 is 0 Å². The van der Waals surface area contributed by atoms with Crippen LogP contribution in [0.25, 0.3) is 0 Å². The van der Waals surface area contributed by atoms with E-state index >= 15 is 0 Å². The van der Waals surface area contributed by atoms with Crippen LogP contribution in [0.15, 0.2) is 30.3 Å². The van der Waals surface area contributed by atoms with Gasteiger partial charge in [0.2, 0.25) is 0 Å². The Balaban J connectivity index is 1.69. The van der Waals surface area contributed by atoms with E-state index in [4.69, 9.17) is 0 Å². The number of hydrogen-bond acceptors (Lipinski definition) is 2. The van der Waals surface area contributed by atoms with E-state index in [0.717, 1.165) is 18.9 Å². The van der Waals surface area contributed by atoms with E-state index < -0.39 is 0 Å². The van der Waals surface area contributed by atoms with Crippen LogP contribution >= 0.6 is 0 Å². The molecule has 1 aromatic carbocycles. The minimum absolute atomic E-state index is 0.180. The summed E-state index contributed by atoms with van der Waals surface area (Å²) in [5.74, 6) is 1.31. The van der Waals surface area contributed by atoms with Gasteiger partial charge >= 0.3 is 0 Å². The molecule has 1 aliphatic rings. The van der Waals surface area contributed by atoms with Gasteiger partial charge in [0.1, 0.15) is 0 Å². The van der Waals surface area contributed by atoms with Gasteiger partial charge in [0.15, 0.2) is 0 Å². The van der Waals surface area contributed by atoms with Crippen molar-refractivity contribution in [2.24, 2.45) is 5.92 Å². The zero-order chi connectivity index (χ0) is 14.4. The summed E-state index contributed by atoms with van der Waals surface area (Å²) in [4.78, 5) is 0. The Hall–Kier alpha value is -0.860. The van der Waals surface area contributed by atoms with Gasteiger partial charge < -0.3 is 10.4 Å². The fourth-order valence-corrected chi connectivity index (χ4v) is 3.39. The third kappa shape index (κ3) is 4.92. The minimum Gasteiger partial charge on any atom is -0.393 e. The summed E-state index contributed by atoms with van der Waals surface area (Å²) >= 11 is 0. The summed E-state index contributed by atoms with van der Waals surface area (Å²) in [6, 6.07) is 11.6. The molecule has 2 nitrogen and oxygen atoms in total. The zero-order valence-corrected chi connectivity index (χ0v) is 12.9. The van der Waals surface area contributed by atoms with Crippen molar-refractivity contribution in [3.05, 3.63) is 35.9 Å². The number of hydrogen-bond donors (Lipinski definition) is 2. The fourth-order valence-electron chi connectivity index (χ4n) is 3.39. The van der Waals surface area contributed by atoms with Crippen molar-refractivity contribution in [3.63, 3.8) is 0 Å². The Bertz CT molecular complexity index is 368. The molecule has 2 unspecified atom stereocenters. The van der Waals surface area contributed by atoms with Crippen LogP contribution in [0.4, 0.5) is 0 Å². The molecule has 2 heteroatoms. The van der Waals surface area contributed by atoms with E-state index in [2.05, 4.69) is 42.6 Å². The molecule has 0 heterocycles. The number of rotatable bonds is 6. The third-order valence-electron chi connectivity index (χ3n) is 4.50. The quantitative estimate of drug-likeness (QED) is 0.829. The van der Waals surface area contributed by atoms with Crippen molar-refractivity contribution < 1.29 is 5.11 Å². The Morgan fingerprint density at radius 1 is 1.10 bits per heavy atom. The van der Waals surface area contributed by atoms with E-state index in [-0.39, 0.29) is 6.10 Å². The molecule has 0 aliphatic heterocycles. The summed E-state index contributed by atoms with van der Waals surface area (Å²) in [6.07, 6.45) is 5.87. The Morgan fingerprint density at radius 2 is 1.75 bits per heavy atom. The summed E-state index contributed by atoms with van der Waals surface area (Å²) in [6.45, 7) is 5.13. The first-order valence-electron chi connectivity index (χ1n) is 8.11. The Morgan fingerprint density at radius 3 is 2.35 bits per heavy atom. The Kier molecular flexibility index (Phi) is 6.06. The lowest BCUT2D eigenvalue weighted by Gasteiger charge is -2.30. The highest BCUT2D eigenvalue weighted by atomic mass is 16.3. The van der Waals surface area contributed by atoms with E-state index in [1.807, 2.05) is 6.92 Å². The van der Waals surface area contributed by atoms with Crippen molar-refractivity contribution in [2.45, 2.75) is 64.0 Å². The van der Waals surface area contributed by atoms with E-state index in [1.54, 1.807) is 0 Å². The predicted molar refractivity (Wildman–Crippen MR) is 84.9 cm³/mol. The molecule has 1 saturated carbocycles. The lowest BCUT2D eigenvalue weighted by atomic mass is 9.81. The number of benzene rings is 1. The van der Waals surface area contributed by atoms with Gasteiger partial charge in [-0.3, -0.25) is 0 Å². The minimum atomic E-state index is -0.180. The van der Waals surface area contributed by atoms with Crippen molar-refractivity contribution in [3.8, 4) is 0 Å². The lowest BCUT2D eigenvalue weighted by Crippen LogP contribution is -2.36. The molecular formula is C18H29NO. The van der Waals surface area contributed by atoms with Crippen molar-refractivity contribution in [1.29, 1.82) is 0 Å². The average molecular weight is 275 g/mol. The van der Waals surface area contributed by atoms with Gasteiger partial charge in [0.25, 0.3) is 0 Å². The normalized spacial score (nSPS) is 26.1. The van der Waals surface area contributed by atoms with Crippen LogP contribution in [0.1, 0.15) is 57.4 Å². The van der Waals surface area contributed by atoms with E-state index in [0.29, 0.717) is 12.0 Å². The van der Waals surface area contributed by atoms with Crippen molar-refractivity contribution in [2.75, 3.05) is 6.54 Å². The van der Waals surface area contributed by atoms with Crippen LogP contribution in [-0.4, -0.2) is 23.8 Å². The highest BCUT2D eigenvalue weighted by Gasteiger charge is 2.22. The molecule has 0 amide bonds. The molecule has 2 N–H and O–H groups in total. The molecule has 0 spiro atoms. The van der Waals surface area contributed by atoms with E-state index in [1.165, 1.54) is 31.2 Å². The first-order valence-corrected chi connectivity index (χ1v) is 8.11. The maximum Gasteiger partial charge on any atom is 0.0515 e. The lowest BCUT2D eigenvalue weighted by molar-refractivity contribution is 0.161. The Labute approximate surface area is 123 Å². The second-order valence-corrected chi connectivity index (χ2v) is 6.56. The van der Waals surface area contributed by atoms with Crippen LogP contribution in [0.2, 0.25) is 0 Å². The topological polar surface area (TPSA) is 32.3 Å². The number of aliphatic hydroxyl groups excluding tert-OH is 1. The van der Waals surface area contributed by atoms with Gasteiger partial charge in [-0.15, -0.1) is 0 Å². The van der Waals surface area contributed by atoms with Crippen LogP contribution in [0.5, 0.6) is 0 Å². The summed E-state index contributed by atoms with van der Waals surface area (Å²) in [5, 5.41) is 13.1. The second kappa shape index (κ2) is 7.80. The van der Waals surface area contributed by atoms with Gasteiger partial charge in [-0.05, 0) is 63.0 Å². The molecule has 20 heavy (non-hydrogen) atoms. The summed E-state index contributed by atoms with van der Waals surface area (Å²) < 4.78 is 0.